The van der Waals surface area contributed by atoms with Crippen LogP contribution in [0.3, 0.4) is 0 Å². The molecule has 0 radical (unpaired) electrons. The van der Waals surface area contributed by atoms with Crippen molar-refractivity contribution in [1.29, 1.82) is 0 Å². The van der Waals surface area contributed by atoms with Crippen LogP contribution in [0.1, 0.15) is 0 Å². The van der Waals surface area contributed by atoms with Crippen LogP contribution in [0.15, 0.2) is 41.8 Å². The quantitative estimate of drug-likeness (QED) is 0.637. The molecular weight excluding hydrogens is 266 g/mol. The van der Waals surface area contributed by atoms with E-state index in [0.29, 0.717) is 5.15 Å². The number of nitrogens with zero attached hydrogens (tertiary/aromatic N) is 1. The van der Waals surface area contributed by atoms with E-state index in [9.17, 15) is 0 Å². The standard InChI is InChI=1S/C14H10ClNOS/c1-17-10-7-13(18-8-10)12-6-9-4-2-3-5-11(9)14(15)16-12/h2-8H,1H3. The molecule has 2 heterocycles. The van der Waals surface area contributed by atoms with Crippen LogP contribution in [0.4, 0.5) is 0 Å². The molecule has 18 heavy (non-hydrogen) atoms. The summed E-state index contributed by atoms with van der Waals surface area (Å²) in [5.41, 5.74) is 0.881. The van der Waals surface area contributed by atoms with E-state index in [2.05, 4.69) is 4.98 Å². The van der Waals surface area contributed by atoms with Crippen LogP contribution in [-0.4, -0.2) is 12.1 Å². The summed E-state index contributed by atoms with van der Waals surface area (Å²) in [5, 5.41) is 4.57. The van der Waals surface area contributed by atoms with Crippen LogP contribution >= 0.6 is 22.9 Å². The Morgan fingerprint density at radius 2 is 2.06 bits per heavy atom. The van der Waals surface area contributed by atoms with Crippen molar-refractivity contribution in [2.24, 2.45) is 0 Å². The van der Waals surface area contributed by atoms with Gasteiger partial charge in [-0.1, -0.05) is 35.9 Å². The number of hydrogen-bond acceptors (Lipinski definition) is 3. The monoisotopic (exact) mass is 275 g/mol. The first-order valence-corrected chi connectivity index (χ1v) is 6.72. The second-order valence-corrected chi connectivity index (χ2v) is 5.14. The Kier molecular flexibility index (Phi) is 2.94. The highest BCUT2D eigenvalue weighted by Gasteiger charge is 2.08. The molecule has 0 fully saturated rings. The number of fused-ring (bicyclic) bond motifs is 1. The summed E-state index contributed by atoms with van der Waals surface area (Å²) < 4.78 is 5.18. The molecule has 3 aromatic rings. The molecule has 2 aromatic heterocycles. The van der Waals surface area contributed by atoms with Gasteiger partial charge in [0.25, 0.3) is 0 Å². The van der Waals surface area contributed by atoms with E-state index in [1.165, 1.54) is 0 Å². The van der Waals surface area contributed by atoms with Gasteiger partial charge in [0, 0.05) is 16.8 Å². The first kappa shape index (κ1) is 11.5. The number of ether oxygens (including phenoxy) is 1. The van der Waals surface area contributed by atoms with Crippen molar-refractivity contribution >= 4 is 33.7 Å². The predicted molar refractivity (Wildman–Crippen MR) is 76.6 cm³/mol. The molecule has 0 aliphatic rings. The number of pyridine rings is 1. The summed E-state index contributed by atoms with van der Waals surface area (Å²) in [6.07, 6.45) is 0. The van der Waals surface area contributed by atoms with Gasteiger partial charge in [0.2, 0.25) is 0 Å². The van der Waals surface area contributed by atoms with Crippen LogP contribution in [0.25, 0.3) is 21.3 Å². The summed E-state index contributed by atoms with van der Waals surface area (Å²) in [6, 6.07) is 12.0. The highest BCUT2D eigenvalue weighted by molar-refractivity contribution is 7.13. The van der Waals surface area contributed by atoms with Gasteiger partial charge in [-0.05, 0) is 11.5 Å². The highest BCUT2D eigenvalue weighted by Crippen LogP contribution is 2.33. The maximum absolute atomic E-state index is 6.22. The number of hydrogen-bond donors (Lipinski definition) is 0. The molecule has 90 valence electrons. The first-order valence-electron chi connectivity index (χ1n) is 5.46. The van der Waals surface area contributed by atoms with Crippen molar-refractivity contribution in [3.8, 4) is 16.3 Å². The molecule has 0 saturated heterocycles. The summed E-state index contributed by atoms with van der Waals surface area (Å²) in [7, 11) is 1.66. The van der Waals surface area contributed by atoms with Crippen LogP contribution in [0.5, 0.6) is 5.75 Å². The maximum atomic E-state index is 6.22. The normalized spacial score (nSPS) is 10.8. The zero-order chi connectivity index (χ0) is 12.5. The van der Waals surface area contributed by atoms with Crippen LogP contribution in [0.2, 0.25) is 5.15 Å². The number of rotatable bonds is 2. The fourth-order valence-corrected chi connectivity index (χ4v) is 2.92. The van der Waals surface area contributed by atoms with Gasteiger partial charge in [0.1, 0.15) is 10.9 Å². The minimum absolute atomic E-state index is 0.537. The second kappa shape index (κ2) is 4.59. The molecule has 0 N–H and O–H groups in total. The molecule has 0 atom stereocenters. The molecule has 2 nitrogen and oxygen atoms in total. The third kappa shape index (κ3) is 1.96. The minimum atomic E-state index is 0.537. The van der Waals surface area contributed by atoms with Crippen molar-refractivity contribution in [3.63, 3.8) is 0 Å². The van der Waals surface area contributed by atoms with Crippen molar-refractivity contribution in [1.82, 2.24) is 4.98 Å². The highest BCUT2D eigenvalue weighted by atomic mass is 35.5. The summed E-state index contributed by atoms with van der Waals surface area (Å²) in [6.45, 7) is 0. The van der Waals surface area contributed by atoms with Gasteiger partial charge < -0.3 is 4.74 Å². The van der Waals surface area contributed by atoms with E-state index in [1.54, 1.807) is 18.4 Å². The molecule has 0 amide bonds. The zero-order valence-corrected chi connectivity index (χ0v) is 11.3. The average Bonchev–Trinajstić information content (AvgIpc) is 2.87. The second-order valence-electron chi connectivity index (χ2n) is 3.87. The number of halogens is 1. The zero-order valence-electron chi connectivity index (χ0n) is 9.68. The van der Waals surface area contributed by atoms with Gasteiger partial charge in [-0.3, -0.25) is 0 Å². The fraction of sp³-hybridized carbons (Fsp3) is 0.0714. The van der Waals surface area contributed by atoms with E-state index in [-0.39, 0.29) is 0 Å². The molecule has 4 heteroatoms. The Morgan fingerprint density at radius 1 is 1.22 bits per heavy atom. The number of thiophene rings is 1. The molecule has 3 rings (SSSR count). The molecule has 0 spiro atoms. The SMILES string of the molecule is COc1csc(-c2cc3ccccc3c(Cl)n2)c1. The summed E-state index contributed by atoms with van der Waals surface area (Å²) in [4.78, 5) is 5.49. The predicted octanol–water partition coefficient (Wildman–Crippen LogP) is 4.63. The third-order valence-electron chi connectivity index (χ3n) is 2.76. The number of aromatic nitrogens is 1. The average molecular weight is 276 g/mol. The Balaban J connectivity index is 2.18. The molecule has 0 unspecified atom stereocenters. The van der Waals surface area contributed by atoms with Gasteiger partial charge in [0.15, 0.2) is 0 Å². The molecule has 1 aromatic carbocycles. The Hall–Kier alpha value is -1.58. The van der Waals surface area contributed by atoms with Gasteiger partial charge in [-0.15, -0.1) is 11.3 Å². The van der Waals surface area contributed by atoms with Gasteiger partial charge in [-0.2, -0.15) is 0 Å². The largest absolute Gasteiger partial charge is 0.496 e. The van der Waals surface area contributed by atoms with Gasteiger partial charge in [0.05, 0.1) is 17.7 Å². The Bertz CT molecular complexity index is 708. The smallest absolute Gasteiger partial charge is 0.137 e. The number of methoxy groups -OCH3 is 1. The van der Waals surface area contributed by atoms with Crippen molar-refractivity contribution in [3.05, 3.63) is 46.9 Å². The van der Waals surface area contributed by atoms with Gasteiger partial charge in [-0.25, -0.2) is 4.98 Å². The molecule has 0 aliphatic carbocycles. The first-order chi connectivity index (χ1) is 8.78. The van der Waals surface area contributed by atoms with Crippen LogP contribution in [0, 0.1) is 0 Å². The van der Waals surface area contributed by atoms with Crippen molar-refractivity contribution < 1.29 is 4.74 Å². The topological polar surface area (TPSA) is 22.1 Å². The summed E-state index contributed by atoms with van der Waals surface area (Å²) in [5.74, 6) is 0.848. The Labute approximate surface area is 114 Å². The number of benzene rings is 1. The lowest BCUT2D eigenvalue weighted by Crippen LogP contribution is -1.84. The third-order valence-corrected chi connectivity index (χ3v) is 3.98. The maximum Gasteiger partial charge on any atom is 0.137 e. The molecule has 0 aliphatic heterocycles. The lowest BCUT2D eigenvalue weighted by Gasteiger charge is -2.03. The van der Waals surface area contributed by atoms with E-state index in [0.717, 1.165) is 27.1 Å². The minimum Gasteiger partial charge on any atom is -0.496 e. The van der Waals surface area contributed by atoms with E-state index >= 15 is 0 Å². The van der Waals surface area contributed by atoms with E-state index in [1.807, 2.05) is 41.8 Å². The van der Waals surface area contributed by atoms with E-state index in [4.69, 9.17) is 16.3 Å². The van der Waals surface area contributed by atoms with Crippen molar-refractivity contribution in [2.75, 3.05) is 7.11 Å². The molecular formula is C14H10ClNOS. The summed E-state index contributed by atoms with van der Waals surface area (Å²) >= 11 is 7.81. The lowest BCUT2D eigenvalue weighted by molar-refractivity contribution is 0.417. The fourth-order valence-electron chi connectivity index (χ4n) is 1.84. The van der Waals surface area contributed by atoms with E-state index < -0.39 is 0 Å². The van der Waals surface area contributed by atoms with Crippen LogP contribution < -0.4 is 4.74 Å². The van der Waals surface area contributed by atoms with Gasteiger partial charge >= 0.3 is 0 Å². The Morgan fingerprint density at radius 3 is 2.83 bits per heavy atom. The lowest BCUT2D eigenvalue weighted by atomic mass is 10.1. The van der Waals surface area contributed by atoms with Crippen molar-refractivity contribution in [2.45, 2.75) is 0 Å². The van der Waals surface area contributed by atoms with Crippen LogP contribution in [-0.2, 0) is 0 Å². The molecule has 0 bridgehead atoms. The molecule has 0 saturated carbocycles.